The topological polar surface area (TPSA) is 147 Å². The SMILES string of the molecule is Nc1cccc2c1nnn2[C@H]1O[C@@H](CO)[C@@H](O)[C@@H](O)[C@H]1O. The first-order valence-electron chi connectivity index (χ1n) is 6.44. The number of hydrogen-bond donors (Lipinski definition) is 5. The number of benzene rings is 1. The number of aliphatic hydroxyl groups excluding tert-OH is 4. The van der Waals surface area contributed by atoms with Crippen LogP contribution in [0.5, 0.6) is 0 Å². The van der Waals surface area contributed by atoms with Gasteiger partial charge in [0.05, 0.1) is 17.8 Å². The fourth-order valence-corrected chi connectivity index (χ4v) is 2.46. The van der Waals surface area contributed by atoms with E-state index >= 15 is 0 Å². The van der Waals surface area contributed by atoms with Gasteiger partial charge in [-0.1, -0.05) is 11.3 Å². The van der Waals surface area contributed by atoms with Gasteiger partial charge in [-0.05, 0) is 12.1 Å². The van der Waals surface area contributed by atoms with E-state index in [1.54, 1.807) is 18.2 Å². The summed E-state index contributed by atoms with van der Waals surface area (Å²) in [6, 6.07) is 5.04. The number of hydrogen-bond acceptors (Lipinski definition) is 8. The Kier molecular flexibility index (Phi) is 3.51. The summed E-state index contributed by atoms with van der Waals surface area (Å²) in [4.78, 5) is 0. The third-order valence-corrected chi connectivity index (χ3v) is 3.64. The monoisotopic (exact) mass is 296 g/mol. The quantitative estimate of drug-likeness (QED) is 0.399. The summed E-state index contributed by atoms with van der Waals surface area (Å²) in [6.07, 6.45) is -6.41. The molecular formula is C12H16N4O5. The molecule has 21 heavy (non-hydrogen) atoms. The minimum atomic E-state index is -1.47. The summed E-state index contributed by atoms with van der Waals surface area (Å²) >= 11 is 0. The van der Waals surface area contributed by atoms with Crippen LogP contribution in [0.1, 0.15) is 6.23 Å². The van der Waals surface area contributed by atoms with Gasteiger partial charge in [0.2, 0.25) is 0 Å². The third-order valence-electron chi connectivity index (χ3n) is 3.64. The first-order valence-corrected chi connectivity index (χ1v) is 6.44. The lowest BCUT2D eigenvalue weighted by atomic mass is 9.98. The minimum absolute atomic E-state index is 0.420. The highest BCUT2D eigenvalue weighted by Crippen LogP contribution is 2.30. The molecule has 1 aliphatic rings. The normalized spacial score (nSPS) is 33.4. The van der Waals surface area contributed by atoms with Crippen molar-refractivity contribution in [2.75, 3.05) is 12.3 Å². The average molecular weight is 296 g/mol. The molecule has 1 aliphatic heterocycles. The Balaban J connectivity index is 2.03. The van der Waals surface area contributed by atoms with E-state index < -0.39 is 37.3 Å². The molecule has 0 radical (unpaired) electrons. The van der Waals surface area contributed by atoms with Crippen LogP contribution in [0, 0.1) is 0 Å². The van der Waals surface area contributed by atoms with Crippen molar-refractivity contribution in [3.8, 4) is 0 Å². The number of aliphatic hydroxyl groups is 4. The molecule has 2 heterocycles. The zero-order valence-electron chi connectivity index (χ0n) is 10.9. The van der Waals surface area contributed by atoms with Gasteiger partial charge in [-0.2, -0.15) is 0 Å². The molecule has 1 aromatic heterocycles. The molecule has 0 spiro atoms. The molecule has 0 amide bonds. The second kappa shape index (κ2) is 5.20. The zero-order valence-corrected chi connectivity index (χ0v) is 10.9. The van der Waals surface area contributed by atoms with Crippen LogP contribution in [0.15, 0.2) is 18.2 Å². The second-order valence-electron chi connectivity index (χ2n) is 4.97. The minimum Gasteiger partial charge on any atom is -0.397 e. The van der Waals surface area contributed by atoms with E-state index in [0.717, 1.165) is 0 Å². The number of nitrogens with zero attached hydrogens (tertiary/aromatic N) is 3. The average Bonchev–Trinajstić information content (AvgIpc) is 2.91. The number of nitrogens with two attached hydrogens (primary N) is 1. The smallest absolute Gasteiger partial charge is 0.181 e. The predicted molar refractivity (Wildman–Crippen MR) is 71.0 cm³/mol. The summed E-state index contributed by atoms with van der Waals surface area (Å²) in [5.41, 5.74) is 7.16. The maximum absolute atomic E-state index is 10.1. The van der Waals surface area contributed by atoms with Gasteiger partial charge < -0.3 is 30.9 Å². The molecular weight excluding hydrogens is 280 g/mol. The summed E-state index contributed by atoms with van der Waals surface area (Å²) in [5.74, 6) is 0. The van der Waals surface area contributed by atoms with E-state index in [2.05, 4.69) is 10.3 Å². The fourth-order valence-electron chi connectivity index (χ4n) is 2.46. The van der Waals surface area contributed by atoms with E-state index in [0.29, 0.717) is 16.7 Å². The van der Waals surface area contributed by atoms with Crippen LogP contribution < -0.4 is 5.73 Å². The van der Waals surface area contributed by atoms with Crippen LogP contribution in [-0.2, 0) is 4.74 Å². The maximum atomic E-state index is 10.1. The van der Waals surface area contributed by atoms with Crippen LogP contribution in [0.25, 0.3) is 11.0 Å². The van der Waals surface area contributed by atoms with Gasteiger partial charge in [-0.25, -0.2) is 4.68 Å². The molecule has 0 unspecified atom stereocenters. The molecule has 5 atom stereocenters. The van der Waals surface area contributed by atoms with E-state index in [1.807, 2.05) is 0 Å². The summed E-state index contributed by atoms with van der Waals surface area (Å²) in [5, 5.41) is 46.7. The van der Waals surface area contributed by atoms with Crippen molar-refractivity contribution in [2.45, 2.75) is 30.6 Å². The Morgan fingerprint density at radius 2 is 1.95 bits per heavy atom. The van der Waals surface area contributed by atoms with Gasteiger partial charge in [0.15, 0.2) is 6.23 Å². The standard InChI is InChI=1S/C12H16N4O5/c13-5-2-1-3-6-8(5)14-15-16(6)12-11(20)10(19)9(18)7(4-17)21-12/h1-3,7,9-12,17-20H,4,13H2/t7-,9+,10+,11+,12-/m0/s1. The Hall–Kier alpha value is -1.78. The molecule has 2 aromatic rings. The van der Waals surface area contributed by atoms with Crippen molar-refractivity contribution in [1.29, 1.82) is 0 Å². The molecule has 0 bridgehead atoms. The molecule has 1 aromatic carbocycles. The number of aromatic nitrogens is 3. The van der Waals surface area contributed by atoms with Crippen molar-refractivity contribution in [2.24, 2.45) is 0 Å². The van der Waals surface area contributed by atoms with Gasteiger partial charge >= 0.3 is 0 Å². The maximum Gasteiger partial charge on any atom is 0.181 e. The van der Waals surface area contributed by atoms with Gasteiger partial charge in [-0.3, -0.25) is 0 Å². The van der Waals surface area contributed by atoms with Gasteiger partial charge in [-0.15, -0.1) is 5.10 Å². The molecule has 0 saturated carbocycles. The highest BCUT2D eigenvalue weighted by molar-refractivity contribution is 5.86. The third kappa shape index (κ3) is 2.15. The lowest BCUT2D eigenvalue weighted by molar-refractivity contribution is -0.253. The Morgan fingerprint density at radius 3 is 2.67 bits per heavy atom. The number of fused-ring (bicyclic) bond motifs is 1. The highest BCUT2D eigenvalue weighted by Gasteiger charge is 2.45. The van der Waals surface area contributed by atoms with E-state index in [4.69, 9.17) is 10.5 Å². The molecule has 0 aliphatic carbocycles. The van der Waals surface area contributed by atoms with Crippen LogP contribution in [0.2, 0.25) is 0 Å². The van der Waals surface area contributed by atoms with Crippen molar-refractivity contribution < 1.29 is 25.2 Å². The molecule has 6 N–H and O–H groups in total. The van der Waals surface area contributed by atoms with Crippen LogP contribution in [0.3, 0.4) is 0 Å². The predicted octanol–water partition coefficient (Wildman–Crippen LogP) is -2.01. The molecule has 1 fully saturated rings. The Morgan fingerprint density at radius 1 is 1.19 bits per heavy atom. The van der Waals surface area contributed by atoms with Crippen LogP contribution in [-0.4, -0.2) is 66.4 Å². The van der Waals surface area contributed by atoms with Gasteiger partial charge in [0.25, 0.3) is 0 Å². The molecule has 9 nitrogen and oxygen atoms in total. The second-order valence-corrected chi connectivity index (χ2v) is 4.97. The van der Waals surface area contributed by atoms with Crippen molar-refractivity contribution in [3.05, 3.63) is 18.2 Å². The van der Waals surface area contributed by atoms with Gasteiger partial charge in [0, 0.05) is 0 Å². The van der Waals surface area contributed by atoms with E-state index in [-0.39, 0.29) is 0 Å². The first-order chi connectivity index (χ1) is 10.0. The number of rotatable bonds is 2. The summed E-state index contributed by atoms with van der Waals surface area (Å²) in [7, 11) is 0. The largest absolute Gasteiger partial charge is 0.397 e. The summed E-state index contributed by atoms with van der Waals surface area (Å²) in [6.45, 7) is -0.504. The van der Waals surface area contributed by atoms with Crippen LogP contribution in [0.4, 0.5) is 5.69 Å². The number of ether oxygens (including phenoxy) is 1. The molecule has 9 heteroatoms. The summed E-state index contributed by atoms with van der Waals surface area (Å²) < 4.78 is 6.70. The number of anilines is 1. The lowest BCUT2D eigenvalue weighted by Gasteiger charge is -2.39. The number of nitrogen functional groups attached to an aromatic ring is 1. The van der Waals surface area contributed by atoms with E-state index in [1.165, 1.54) is 4.68 Å². The van der Waals surface area contributed by atoms with Crippen LogP contribution >= 0.6 is 0 Å². The fraction of sp³-hybridized carbons (Fsp3) is 0.500. The molecule has 114 valence electrons. The van der Waals surface area contributed by atoms with Gasteiger partial charge in [0.1, 0.15) is 29.9 Å². The van der Waals surface area contributed by atoms with Crippen molar-refractivity contribution in [1.82, 2.24) is 15.0 Å². The zero-order chi connectivity index (χ0) is 15.1. The molecule has 1 saturated heterocycles. The van der Waals surface area contributed by atoms with E-state index in [9.17, 15) is 20.4 Å². The lowest BCUT2D eigenvalue weighted by Crippen LogP contribution is -2.56. The Bertz CT molecular complexity index is 646. The first kappa shape index (κ1) is 14.2. The Labute approximate surface area is 119 Å². The van der Waals surface area contributed by atoms with Crippen molar-refractivity contribution >= 4 is 16.7 Å². The molecule has 3 rings (SSSR count). The van der Waals surface area contributed by atoms with Crippen molar-refractivity contribution in [3.63, 3.8) is 0 Å². The highest BCUT2D eigenvalue weighted by atomic mass is 16.6.